The molecule has 0 unspecified atom stereocenters. The van der Waals surface area contributed by atoms with Gasteiger partial charge in [0.25, 0.3) is 0 Å². The number of allylic oxidation sites excluding steroid dienone is 3. The molecule has 0 radical (unpaired) electrons. The normalized spacial score (nSPS) is 43.2. The smallest absolute Gasteiger partial charge is 0.331 e. The molecule has 2 spiro atoms. The Balaban J connectivity index is 1.53. The van der Waals surface area contributed by atoms with Gasteiger partial charge in [-0.2, -0.15) is 0 Å². The first kappa shape index (κ1) is 29.5. The maximum atomic E-state index is 13.7. The Morgan fingerprint density at radius 2 is 1.80 bits per heavy atom. The molecular weight excluding hydrogens is 534 g/mol. The lowest BCUT2D eigenvalue weighted by Crippen LogP contribution is -2.67. The minimum absolute atomic E-state index is 0.0185. The Morgan fingerprint density at radius 3 is 2.49 bits per heavy atom. The number of hydrogen-bond acceptors (Lipinski definition) is 10. The van der Waals surface area contributed by atoms with Crippen LogP contribution in [0.2, 0.25) is 0 Å². The summed E-state index contributed by atoms with van der Waals surface area (Å²) in [6.07, 6.45) is 6.75. The standard InChI is InChI=1S/C30H39NO10/c1-17-9-11-29-15-38-27(36)25(31-26(35)19(3)32)18(2)10-12-37-23(33)7-5-6-8-24(34)41-20-14-22(40-21(29)13-17)30(16-39-30)28(20,29)4/h5-8,13,18-22,25,32H,9-12,14-16H2,1-4H3,(H,31,35)/b7-5+,8-6-/t18-,19-,20-,21-,22-,25-,28-,29-,30+/m1/s1. The van der Waals surface area contributed by atoms with E-state index in [9.17, 15) is 24.3 Å². The molecular formula is C30H39NO10. The monoisotopic (exact) mass is 573 g/mol. The highest BCUT2D eigenvalue weighted by Gasteiger charge is 2.83. The van der Waals surface area contributed by atoms with E-state index in [1.54, 1.807) is 6.92 Å². The van der Waals surface area contributed by atoms with Gasteiger partial charge in [0.1, 0.15) is 30.5 Å². The Morgan fingerprint density at radius 1 is 1.10 bits per heavy atom. The van der Waals surface area contributed by atoms with E-state index in [1.807, 2.05) is 13.8 Å². The summed E-state index contributed by atoms with van der Waals surface area (Å²) in [4.78, 5) is 51.1. The molecule has 41 heavy (non-hydrogen) atoms. The van der Waals surface area contributed by atoms with Crippen molar-refractivity contribution >= 4 is 23.8 Å². The van der Waals surface area contributed by atoms with E-state index in [4.69, 9.17) is 23.7 Å². The van der Waals surface area contributed by atoms with Crippen molar-refractivity contribution in [3.63, 3.8) is 0 Å². The molecule has 1 saturated carbocycles. The third-order valence-corrected chi connectivity index (χ3v) is 9.84. The zero-order chi connectivity index (χ0) is 29.6. The van der Waals surface area contributed by atoms with Crippen LogP contribution in [0.1, 0.15) is 53.4 Å². The lowest BCUT2D eigenvalue weighted by Gasteiger charge is -2.58. The van der Waals surface area contributed by atoms with Gasteiger partial charge in [-0.3, -0.25) is 4.79 Å². The Hall–Kier alpha value is -3.02. The van der Waals surface area contributed by atoms with Crippen molar-refractivity contribution in [3.05, 3.63) is 36.0 Å². The largest absolute Gasteiger partial charge is 0.463 e. The van der Waals surface area contributed by atoms with E-state index >= 15 is 0 Å². The summed E-state index contributed by atoms with van der Waals surface area (Å²) >= 11 is 0. The number of aliphatic hydroxyl groups excluding tert-OH is 1. The van der Waals surface area contributed by atoms with E-state index in [0.717, 1.165) is 12.0 Å². The summed E-state index contributed by atoms with van der Waals surface area (Å²) < 4.78 is 30.0. The predicted molar refractivity (Wildman–Crippen MR) is 143 cm³/mol. The summed E-state index contributed by atoms with van der Waals surface area (Å²) in [6, 6.07) is -1.10. The molecule has 11 heteroatoms. The van der Waals surface area contributed by atoms with Crippen molar-refractivity contribution in [2.45, 2.75) is 89.4 Å². The van der Waals surface area contributed by atoms with Crippen LogP contribution >= 0.6 is 0 Å². The highest BCUT2D eigenvalue weighted by atomic mass is 16.6. The van der Waals surface area contributed by atoms with Crippen LogP contribution in [-0.2, 0) is 42.9 Å². The van der Waals surface area contributed by atoms with Crippen LogP contribution in [0.4, 0.5) is 0 Å². The van der Waals surface area contributed by atoms with Crippen molar-refractivity contribution in [2.75, 3.05) is 19.8 Å². The van der Waals surface area contributed by atoms with Crippen molar-refractivity contribution in [3.8, 4) is 0 Å². The van der Waals surface area contributed by atoms with Gasteiger partial charge in [-0.15, -0.1) is 0 Å². The molecule has 9 atom stereocenters. The molecule has 2 bridgehead atoms. The maximum Gasteiger partial charge on any atom is 0.331 e. The van der Waals surface area contributed by atoms with E-state index in [-0.39, 0.29) is 25.7 Å². The van der Waals surface area contributed by atoms with Crippen molar-refractivity contribution < 1.29 is 48.0 Å². The highest BCUT2D eigenvalue weighted by Crippen LogP contribution is 2.72. The highest BCUT2D eigenvalue weighted by molar-refractivity contribution is 5.87. The molecule has 3 heterocycles. The Bertz CT molecular complexity index is 1190. The van der Waals surface area contributed by atoms with Gasteiger partial charge in [0.2, 0.25) is 5.91 Å². The molecule has 3 aliphatic heterocycles. The number of epoxide rings is 1. The topological polar surface area (TPSA) is 150 Å². The molecule has 0 aromatic carbocycles. The minimum atomic E-state index is -1.34. The maximum absolute atomic E-state index is 13.7. The number of carbonyl (C=O) groups excluding carboxylic acids is 4. The summed E-state index contributed by atoms with van der Waals surface area (Å²) in [6.45, 7) is 7.50. The Labute approximate surface area is 239 Å². The third-order valence-electron chi connectivity index (χ3n) is 9.84. The minimum Gasteiger partial charge on any atom is -0.463 e. The summed E-state index contributed by atoms with van der Waals surface area (Å²) in [5.74, 6) is -3.07. The van der Waals surface area contributed by atoms with Crippen LogP contribution in [0.25, 0.3) is 0 Å². The fourth-order valence-electron chi connectivity index (χ4n) is 7.14. The summed E-state index contributed by atoms with van der Waals surface area (Å²) in [5.41, 5.74) is -1.04. The fourth-order valence-corrected chi connectivity index (χ4v) is 7.14. The number of ether oxygens (including phenoxy) is 5. The van der Waals surface area contributed by atoms with Gasteiger partial charge < -0.3 is 34.1 Å². The van der Waals surface area contributed by atoms with Crippen molar-refractivity contribution in [1.82, 2.24) is 5.32 Å². The molecule has 2 N–H and O–H groups in total. The van der Waals surface area contributed by atoms with Gasteiger partial charge in [-0.05, 0) is 39.0 Å². The quantitative estimate of drug-likeness (QED) is 0.216. The summed E-state index contributed by atoms with van der Waals surface area (Å²) in [7, 11) is 0. The van der Waals surface area contributed by atoms with Crippen LogP contribution in [0.3, 0.4) is 0 Å². The number of nitrogens with one attached hydrogen (secondary N) is 1. The van der Waals surface area contributed by atoms with Gasteiger partial charge in [-0.25, -0.2) is 14.4 Å². The lowest BCUT2D eigenvalue weighted by molar-refractivity contribution is -0.233. The number of amides is 1. The first-order valence-electron chi connectivity index (χ1n) is 14.3. The Kier molecular flexibility index (Phi) is 7.90. The molecule has 224 valence electrons. The molecule has 0 aromatic rings. The average molecular weight is 574 g/mol. The number of aliphatic hydroxyl groups is 1. The van der Waals surface area contributed by atoms with E-state index < -0.39 is 70.5 Å². The first-order valence-corrected chi connectivity index (χ1v) is 14.3. The fraction of sp³-hybridized carbons (Fsp3) is 0.667. The van der Waals surface area contributed by atoms with Gasteiger partial charge in [-0.1, -0.05) is 37.6 Å². The van der Waals surface area contributed by atoms with Gasteiger partial charge in [0.05, 0.1) is 30.8 Å². The molecule has 2 saturated heterocycles. The number of carbonyl (C=O) groups is 4. The van der Waals surface area contributed by atoms with E-state index in [1.165, 1.54) is 31.2 Å². The number of esters is 3. The number of hydrogen-bond donors (Lipinski definition) is 2. The molecule has 3 fully saturated rings. The second kappa shape index (κ2) is 11.0. The second-order valence-electron chi connectivity index (χ2n) is 12.2. The van der Waals surface area contributed by atoms with Gasteiger partial charge >= 0.3 is 17.9 Å². The van der Waals surface area contributed by atoms with Gasteiger partial charge in [0.15, 0.2) is 0 Å². The van der Waals surface area contributed by atoms with Crippen LogP contribution in [0.5, 0.6) is 0 Å². The van der Waals surface area contributed by atoms with Crippen LogP contribution in [0, 0.1) is 16.7 Å². The lowest BCUT2D eigenvalue weighted by atomic mass is 9.51. The van der Waals surface area contributed by atoms with Crippen LogP contribution < -0.4 is 5.32 Å². The SMILES string of the molecule is CC1=C[C@H]2O[C@@H]3C[C@H]4OC(=O)/C=C\C=C\C(=O)OCC[C@@H](C)[C@@H](NC(=O)[C@@H](C)O)C(=O)OC[C@@]2(CC1)[C@]4(C)[C@]31CO1. The van der Waals surface area contributed by atoms with Crippen molar-refractivity contribution in [2.24, 2.45) is 16.7 Å². The van der Waals surface area contributed by atoms with Crippen LogP contribution in [-0.4, -0.2) is 84.8 Å². The van der Waals surface area contributed by atoms with Crippen LogP contribution in [0.15, 0.2) is 36.0 Å². The average Bonchev–Trinajstić information content (AvgIpc) is 3.70. The molecule has 1 amide bonds. The zero-order valence-electron chi connectivity index (χ0n) is 23.9. The molecule has 5 rings (SSSR count). The molecule has 0 aromatic heterocycles. The third kappa shape index (κ3) is 5.02. The van der Waals surface area contributed by atoms with E-state index in [2.05, 4.69) is 11.4 Å². The molecule has 5 aliphatic rings. The summed E-state index contributed by atoms with van der Waals surface area (Å²) in [5, 5.41) is 12.4. The number of rotatable bonds is 2. The number of cyclic esters (lactones) is 2. The van der Waals surface area contributed by atoms with Crippen molar-refractivity contribution in [1.29, 1.82) is 0 Å². The molecule has 11 nitrogen and oxygen atoms in total. The van der Waals surface area contributed by atoms with Gasteiger partial charge in [0, 0.05) is 24.0 Å². The first-order chi connectivity index (χ1) is 19.4. The molecule has 2 aliphatic carbocycles. The van der Waals surface area contributed by atoms with E-state index in [0.29, 0.717) is 19.4 Å². The zero-order valence-corrected chi connectivity index (χ0v) is 23.9. The predicted octanol–water partition coefficient (Wildman–Crippen LogP) is 1.68. The second-order valence-corrected chi connectivity index (χ2v) is 12.2.